The average Bonchev–Trinajstić information content (AvgIpc) is 2.47. The van der Waals surface area contributed by atoms with Gasteiger partial charge in [0.15, 0.2) is 0 Å². The quantitative estimate of drug-likeness (QED) is 0.850. The van der Waals surface area contributed by atoms with Crippen molar-refractivity contribution in [2.24, 2.45) is 0 Å². The van der Waals surface area contributed by atoms with E-state index in [2.05, 4.69) is 16.7 Å². The van der Waals surface area contributed by atoms with E-state index in [1.807, 2.05) is 0 Å². The van der Waals surface area contributed by atoms with Crippen LogP contribution in [0.4, 0.5) is 4.39 Å². The fourth-order valence-electron chi connectivity index (χ4n) is 2.36. The third-order valence-electron chi connectivity index (χ3n) is 3.64. The third kappa shape index (κ3) is 4.74. The van der Waals surface area contributed by atoms with Crippen LogP contribution in [0.15, 0.2) is 24.3 Å². The summed E-state index contributed by atoms with van der Waals surface area (Å²) in [6.07, 6.45) is -0.520. The van der Waals surface area contributed by atoms with Gasteiger partial charge in [0.1, 0.15) is 24.3 Å². The summed E-state index contributed by atoms with van der Waals surface area (Å²) in [4.78, 5) is 4.66. The summed E-state index contributed by atoms with van der Waals surface area (Å²) >= 11 is 0. The van der Waals surface area contributed by atoms with Crippen molar-refractivity contribution in [2.75, 3.05) is 45.9 Å². The number of hydrogen-bond donors (Lipinski definition) is 1. The first kappa shape index (κ1) is 15.2. The predicted octanol–water partition coefficient (Wildman–Crippen LogP) is 1.20. The molecule has 1 aliphatic heterocycles. The Labute approximate surface area is 119 Å². The molecular formula is C15H23FN2O2. The van der Waals surface area contributed by atoms with E-state index in [1.165, 1.54) is 12.1 Å². The zero-order valence-electron chi connectivity index (χ0n) is 12.0. The molecule has 1 fully saturated rings. The second-order valence-corrected chi connectivity index (χ2v) is 5.15. The molecule has 1 saturated heterocycles. The summed E-state index contributed by atoms with van der Waals surface area (Å²) < 4.78 is 18.2. The first-order valence-electron chi connectivity index (χ1n) is 7.18. The van der Waals surface area contributed by atoms with Crippen LogP contribution in [0.25, 0.3) is 0 Å². The van der Waals surface area contributed by atoms with E-state index in [0.717, 1.165) is 32.7 Å². The van der Waals surface area contributed by atoms with E-state index in [0.29, 0.717) is 12.3 Å². The topological polar surface area (TPSA) is 35.9 Å². The summed E-state index contributed by atoms with van der Waals surface area (Å²) in [5.74, 6) is 0.299. The number of piperazine rings is 1. The summed E-state index contributed by atoms with van der Waals surface area (Å²) in [5.41, 5.74) is 0. The number of aliphatic hydroxyl groups is 1. The van der Waals surface area contributed by atoms with Gasteiger partial charge >= 0.3 is 0 Å². The van der Waals surface area contributed by atoms with Gasteiger partial charge in [-0.1, -0.05) is 6.92 Å². The lowest BCUT2D eigenvalue weighted by molar-refractivity contribution is 0.0471. The van der Waals surface area contributed by atoms with E-state index in [4.69, 9.17) is 4.74 Å². The van der Waals surface area contributed by atoms with Crippen LogP contribution in [0.3, 0.4) is 0 Å². The van der Waals surface area contributed by atoms with Gasteiger partial charge in [-0.15, -0.1) is 0 Å². The number of aliphatic hydroxyl groups excluding tert-OH is 1. The van der Waals surface area contributed by atoms with E-state index < -0.39 is 6.10 Å². The molecule has 0 bridgehead atoms. The van der Waals surface area contributed by atoms with Crippen molar-refractivity contribution < 1.29 is 14.2 Å². The highest BCUT2D eigenvalue weighted by Crippen LogP contribution is 2.11. The van der Waals surface area contributed by atoms with Crippen molar-refractivity contribution in [1.82, 2.24) is 9.80 Å². The van der Waals surface area contributed by atoms with Gasteiger partial charge in [0.05, 0.1) is 0 Å². The molecule has 4 nitrogen and oxygen atoms in total. The summed E-state index contributed by atoms with van der Waals surface area (Å²) in [6.45, 7) is 8.20. The minimum atomic E-state index is -0.520. The first-order chi connectivity index (χ1) is 9.67. The fraction of sp³-hybridized carbons (Fsp3) is 0.600. The third-order valence-corrected chi connectivity index (χ3v) is 3.64. The maximum atomic E-state index is 12.7. The molecule has 0 aliphatic carbocycles. The van der Waals surface area contributed by atoms with E-state index >= 15 is 0 Å². The van der Waals surface area contributed by atoms with Gasteiger partial charge in [-0.3, -0.25) is 4.90 Å². The Kier molecular flexibility index (Phi) is 5.76. The van der Waals surface area contributed by atoms with Crippen molar-refractivity contribution in [2.45, 2.75) is 13.0 Å². The first-order valence-corrected chi connectivity index (χ1v) is 7.18. The van der Waals surface area contributed by atoms with Crippen LogP contribution < -0.4 is 4.74 Å². The van der Waals surface area contributed by atoms with Gasteiger partial charge in [0.25, 0.3) is 0 Å². The lowest BCUT2D eigenvalue weighted by Crippen LogP contribution is -2.49. The maximum absolute atomic E-state index is 12.7. The Hall–Kier alpha value is -1.17. The van der Waals surface area contributed by atoms with Crippen LogP contribution in [0.1, 0.15) is 6.92 Å². The minimum Gasteiger partial charge on any atom is -0.491 e. The molecule has 1 aromatic rings. The Bertz CT molecular complexity index is 391. The molecule has 1 heterocycles. The van der Waals surface area contributed by atoms with Crippen molar-refractivity contribution in [3.05, 3.63) is 30.1 Å². The Morgan fingerprint density at radius 3 is 2.35 bits per heavy atom. The SMILES string of the molecule is CCN1CCN(CC(O)COc2ccc(F)cc2)CC1. The molecule has 5 heteroatoms. The number of benzene rings is 1. The monoisotopic (exact) mass is 282 g/mol. The summed E-state index contributed by atoms with van der Waals surface area (Å²) in [5, 5.41) is 9.99. The molecule has 0 spiro atoms. The van der Waals surface area contributed by atoms with Gasteiger partial charge in [-0.25, -0.2) is 4.39 Å². The Balaban J connectivity index is 1.68. The number of rotatable bonds is 6. The molecule has 1 aliphatic rings. The average molecular weight is 282 g/mol. The lowest BCUT2D eigenvalue weighted by atomic mass is 10.2. The molecule has 1 aromatic carbocycles. The highest BCUT2D eigenvalue weighted by Gasteiger charge is 2.18. The van der Waals surface area contributed by atoms with Crippen LogP contribution in [0.5, 0.6) is 5.75 Å². The second kappa shape index (κ2) is 7.57. The van der Waals surface area contributed by atoms with E-state index in [1.54, 1.807) is 12.1 Å². The minimum absolute atomic E-state index is 0.236. The van der Waals surface area contributed by atoms with E-state index in [9.17, 15) is 9.50 Å². The Morgan fingerprint density at radius 1 is 1.15 bits per heavy atom. The molecule has 0 aromatic heterocycles. The fourth-order valence-corrected chi connectivity index (χ4v) is 2.36. The molecule has 0 radical (unpaired) electrons. The molecular weight excluding hydrogens is 259 g/mol. The van der Waals surface area contributed by atoms with Gasteiger partial charge in [0, 0.05) is 32.7 Å². The number of halogens is 1. The second-order valence-electron chi connectivity index (χ2n) is 5.15. The maximum Gasteiger partial charge on any atom is 0.123 e. The zero-order valence-corrected chi connectivity index (χ0v) is 12.0. The number of β-amino-alcohol motifs (C(OH)–C–C–N with tert-alkyl or cyclic N) is 1. The van der Waals surface area contributed by atoms with Gasteiger partial charge in [-0.2, -0.15) is 0 Å². The molecule has 1 unspecified atom stereocenters. The molecule has 1 atom stereocenters. The van der Waals surface area contributed by atoms with Gasteiger partial charge in [-0.05, 0) is 30.8 Å². The van der Waals surface area contributed by atoms with Crippen LogP contribution in [0.2, 0.25) is 0 Å². The molecule has 2 rings (SSSR count). The largest absolute Gasteiger partial charge is 0.491 e. The van der Waals surface area contributed by atoms with Crippen LogP contribution in [-0.2, 0) is 0 Å². The smallest absolute Gasteiger partial charge is 0.123 e. The highest BCUT2D eigenvalue weighted by atomic mass is 19.1. The molecule has 1 N–H and O–H groups in total. The van der Waals surface area contributed by atoms with E-state index in [-0.39, 0.29) is 12.4 Å². The molecule has 0 saturated carbocycles. The molecule has 112 valence electrons. The van der Waals surface area contributed by atoms with Gasteiger partial charge in [0.2, 0.25) is 0 Å². The summed E-state index contributed by atoms with van der Waals surface area (Å²) in [7, 11) is 0. The van der Waals surface area contributed by atoms with Crippen molar-refractivity contribution >= 4 is 0 Å². The van der Waals surface area contributed by atoms with Crippen molar-refractivity contribution in [3.8, 4) is 5.75 Å². The highest BCUT2D eigenvalue weighted by molar-refractivity contribution is 5.22. The van der Waals surface area contributed by atoms with Crippen molar-refractivity contribution in [1.29, 1.82) is 0 Å². The molecule has 20 heavy (non-hydrogen) atoms. The standard InChI is InChI=1S/C15H23FN2O2/c1-2-17-7-9-18(10-8-17)11-14(19)12-20-15-5-3-13(16)4-6-15/h3-6,14,19H,2,7-12H2,1H3. The van der Waals surface area contributed by atoms with Crippen molar-refractivity contribution in [3.63, 3.8) is 0 Å². The number of ether oxygens (including phenoxy) is 1. The number of hydrogen-bond acceptors (Lipinski definition) is 4. The summed E-state index contributed by atoms with van der Waals surface area (Å²) in [6, 6.07) is 5.85. The van der Waals surface area contributed by atoms with Crippen LogP contribution in [-0.4, -0.2) is 66.9 Å². The number of nitrogens with zero attached hydrogens (tertiary/aromatic N) is 2. The number of likely N-dealkylation sites (N-methyl/N-ethyl adjacent to an activating group) is 1. The van der Waals surface area contributed by atoms with Crippen LogP contribution in [0, 0.1) is 5.82 Å². The Morgan fingerprint density at radius 2 is 1.75 bits per heavy atom. The normalized spacial score (nSPS) is 18.9. The van der Waals surface area contributed by atoms with Crippen LogP contribution >= 0.6 is 0 Å². The lowest BCUT2D eigenvalue weighted by Gasteiger charge is -2.34. The zero-order chi connectivity index (χ0) is 14.4. The molecule has 0 amide bonds. The predicted molar refractivity (Wildman–Crippen MR) is 76.5 cm³/mol. The van der Waals surface area contributed by atoms with Gasteiger partial charge < -0.3 is 14.7 Å².